The van der Waals surface area contributed by atoms with Crippen molar-refractivity contribution in [1.29, 1.82) is 0 Å². The van der Waals surface area contributed by atoms with Crippen molar-refractivity contribution >= 4 is 5.97 Å². The number of hydrogen-bond donors (Lipinski definition) is 1. The van der Waals surface area contributed by atoms with Crippen molar-refractivity contribution in [3.63, 3.8) is 0 Å². The van der Waals surface area contributed by atoms with E-state index in [1.807, 2.05) is 18.2 Å². The molecule has 3 heteroatoms. The van der Waals surface area contributed by atoms with Crippen LogP contribution in [0.1, 0.15) is 36.0 Å². The molecule has 1 aliphatic heterocycles. The molecule has 2 atom stereocenters. The van der Waals surface area contributed by atoms with Crippen LogP contribution in [0.3, 0.4) is 0 Å². The van der Waals surface area contributed by atoms with Gasteiger partial charge in [0.15, 0.2) is 0 Å². The van der Waals surface area contributed by atoms with E-state index in [-0.39, 0.29) is 12.1 Å². The molecule has 1 fully saturated rings. The number of carbonyl (C=O) groups is 1. The van der Waals surface area contributed by atoms with Gasteiger partial charge in [0, 0.05) is 24.6 Å². The summed E-state index contributed by atoms with van der Waals surface area (Å²) in [5, 5.41) is 3.45. The molecule has 1 heterocycles. The zero-order valence-electron chi connectivity index (χ0n) is 11.0. The van der Waals surface area contributed by atoms with E-state index in [1.54, 1.807) is 12.1 Å². The number of piperidine rings is 1. The van der Waals surface area contributed by atoms with E-state index in [9.17, 15) is 4.79 Å². The average molecular weight is 257 g/mol. The van der Waals surface area contributed by atoms with Gasteiger partial charge >= 0.3 is 5.97 Å². The third kappa shape index (κ3) is 2.80. The maximum absolute atomic E-state index is 12.0. The maximum Gasteiger partial charge on any atom is 0.338 e. The lowest BCUT2D eigenvalue weighted by molar-refractivity contribution is 0.0231. The molecule has 1 saturated heterocycles. The van der Waals surface area contributed by atoms with Crippen molar-refractivity contribution in [2.45, 2.75) is 31.8 Å². The second-order valence-electron chi connectivity index (χ2n) is 5.29. The van der Waals surface area contributed by atoms with E-state index in [4.69, 9.17) is 4.74 Å². The molecule has 2 aliphatic rings. The van der Waals surface area contributed by atoms with Gasteiger partial charge in [0.05, 0.1) is 5.56 Å². The maximum atomic E-state index is 12.0. The molecule has 1 aliphatic carbocycles. The van der Waals surface area contributed by atoms with Gasteiger partial charge in [-0.1, -0.05) is 24.3 Å². The topological polar surface area (TPSA) is 38.3 Å². The number of nitrogens with one attached hydrogen (secondary N) is 1. The Morgan fingerprint density at radius 1 is 1.26 bits per heavy atom. The predicted octanol–water partition coefficient (Wildman–Crippen LogP) is 2.89. The Morgan fingerprint density at radius 3 is 2.95 bits per heavy atom. The smallest absolute Gasteiger partial charge is 0.338 e. The first-order valence-corrected chi connectivity index (χ1v) is 7.03. The van der Waals surface area contributed by atoms with Crippen LogP contribution in [-0.2, 0) is 4.74 Å². The molecular weight excluding hydrogens is 238 g/mol. The van der Waals surface area contributed by atoms with Gasteiger partial charge in [0.2, 0.25) is 0 Å². The lowest BCUT2D eigenvalue weighted by Crippen LogP contribution is -2.34. The molecule has 1 N–H and O–H groups in total. The van der Waals surface area contributed by atoms with E-state index < -0.39 is 0 Å². The van der Waals surface area contributed by atoms with Gasteiger partial charge in [-0.3, -0.25) is 0 Å². The van der Waals surface area contributed by atoms with Gasteiger partial charge in [-0.15, -0.1) is 0 Å². The van der Waals surface area contributed by atoms with Crippen LogP contribution in [0.15, 0.2) is 42.1 Å². The number of hydrogen-bond acceptors (Lipinski definition) is 3. The molecule has 1 aromatic rings. The van der Waals surface area contributed by atoms with Crippen molar-refractivity contribution in [3.05, 3.63) is 47.7 Å². The molecule has 0 radical (unpaired) electrons. The molecule has 0 spiro atoms. The highest BCUT2D eigenvalue weighted by Gasteiger charge is 2.28. The summed E-state index contributed by atoms with van der Waals surface area (Å²) in [4.78, 5) is 12.0. The normalized spacial score (nSPS) is 25.8. The van der Waals surface area contributed by atoms with Crippen molar-refractivity contribution in [2.24, 2.45) is 5.92 Å². The minimum atomic E-state index is -0.203. The summed E-state index contributed by atoms with van der Waals surface area (Å²) in [6, 6.07) is 9.23. The standard InChI is InChI=1S/C16H19NO2/c18-16(12-5-2-1-3-6-12)19-14-8-9-15-13(11-14)7-4-10-17-15/h1-3,5-6,9,13-14,17H,4,7-8,10-11H2. The first-order valence-electron chi connectivity index (χ1n) is 7.03. The van der Waals surface area contributed by atoms with Crippen LogP contribution < -0.4 is 5.32 Å². The van der Waals surface area contributed by atoms with E-state index in [0.29, 0.717) is 11.5 Å². The van der Waals surface area contributed by atoms with Crippen molar-refractivity contribution in [2.75, 3.05) is 6.54 Å². The largest absolute Gasteiger partial charge is 0.458 e. The number of allylic oxidation sites excluding steroid dienone is 1. The van der Waals surface area contributed by atoms with Crippen LogP contribution in [0, 0.1) is 5.92 Å². The molecular formula is C16H19NO2. The van der Waals surface area contributed by atoms with Gasteiger partial charge in [0.25, 0.3) is 0 Å². The Hall–Kier alpha value is -1.77. The minimum Gasteiger partial charge on any atom is -0.458 e. The summed E-state index contributed by atoms with van der Waals surface area (Å²) in [6.45, 7) is 1.08. The number of fused-ring (bicyclic) bond motifs is 1. The summed E-state index contributed by atoms with van der Waals surface area (Å²) < 4.78 is 5.62. The molecule has 0 saturated carbocycles. The monoisotopic (exact) mass is 257 g/mol. The fourth-order valence-electron chi connectivity index (χ4n) is 2.93. The summed E-state index contributed by atoms with van der Waals surface area (Å²) >= 11 is 0. The van der Waals surface area contributed by atoms with Crippen molar-refractivity contribution in [3.8, 4) is 0 Å². The van der Waals surface area contributed by atoms with E-state index in [1.165, 1.54) is 18.5 Å². The van der Waals surface area contributed by atoms with E-state index >= 15 is 0 Å². The SMILES string of the molecule is O=C(OC1CC=C2NCCCC2C1)c1ccccc1. The zero-order chi connectivity index (χ0) is 13.1. The fraction of sp³-hybridized carbons (Fsp3) is 0.438. The molecule has 2 unspecified atom stereocenters. The predicted molar refractivity (Wildman–Crippen MR) is 73.7 cm³/mol. The van der Waals surface area contributed by atoms with Gasteiger partial charge in [-0.25, -0.2) is 4.79 Å². The summed E-state index contributed by atoms with van der Waals surface area (Å²) in [5.74, 6) is 0.349. The molecule has 3 rings (SSSR count). The van der Waals surface area contributed by atoms with Crippen LogP contribution in [0.5, 0.6) is 0 Å². The molecule has 3 nitrogen and oxygen atoms in total. The summed E-state index contributed by atoms with van der Waals surface area (Å²) in [7, 11) is 0. The Labute approximate surface area is 113 Å². The number of carbonyl (C=O) groups excluding carboxylic acids is 1. The lowest BCUT2D eigenvalue weighted by Gasteiger charge is -2.33. The van der Waals surface area contributed by atoms with Gasteiger partial charge in [0.1, 0.15) is 6.10 Å². The van der Waals surface area contributed by atoms with Crippen LogP contribution >= 0.6 is 0 Å². The lowest BCUT2D eigenvalue weighted by atomic mass is 9.84. The second-order valence-corrected chi connectivity index (χ2v) is 5.29. The first kappa shape index (κ1) is 12.3. The average Bonchev–Trinajstić information content (AvgIpc) is 2.48. The van der Waals surface area contributed by atoms with E-state index in [2.05, 4.69) is 11.4 Å². The van der Waals surface area contributed by atoms with Gasteiger partial charge in [-0.2, -0.15) is 0 Å². The number of esters is 1. The zero-order valence-corrected chi connectivity index (χ0v) is 11.0. The van der Waals surface area contributed by atoms with Crippen LogP contribution in [0.25, 0.3) is 0 Å². The van der Waals surface area contributed by atoms with Gasteiger partial charge in [-0.05, 0) is 31.4 Å². The van der Waals surface area contributed by atoms with Crippen LogP contribution in [-0.4, -0.2) is 18.6 Å². The molecule has 0 aromatic heterocycles. The quantitative estimate of drug-likeness (QED) is 0.828. The Balaban J connectivity index is 1.62. The minimum absolute atomic E-state index is 0.0290. The molecule has 100 valence electrons. The highest BCUT2D eigenvalue weighted by atomic mass is 16.5. The Kier molecular flexibility index (Phi) is 3.53. The Bertz CT molecular complexity index is 481. The van der Waals surface area contributed by atoms with Gasteiger partial charge < -0.3 is 10.1 Å². The Morgan fingerprint density at radius 2 is 2.11 bits per heavy atom. The highest BCUT2D eigenvalue weighted by Crippen LogP contribution is 2.31. The summed E-state index contributed by atoms with van der Waals surface area (Å²) in [5.41, 5.74) is 2.00. The third-order valence-electron chi connectivity index (χ3n) is 3.93. The van der Waals surface area contributed by atoms with Crippen LogP contribution in [0.2, 0.25) is 0 Å². The molecule has 0 amide bonds. The first-order chi connectivity index (χ1) is 9.33. The third-order valence-corrected chi connectivity index (χ3v) is 3.93. The number of rotatable bonds is 2. The molecule has 1 aromatic carbocycles. The summed E-state index contributed by atoms with van der Waals surface area (Å²) in [6.07, 6.45) is 6.44. The molecule has 0 bridgehead atoms. The molecule has 19 heavy (non-hydrogen) atoms. The van der Waals surface area contributed by atoms with E-state index in [0.717, 1.165) is 19.4 Å². The van der Waals surface area contributed by atoms with Crippen LogP contribution in [0.4, 0.5) is 0 Å². The number of ether oxygens (including phenoxy) is 1. The second kappa shape index (κ2) is 5.47. The van der Waals surface area contributed by atoms with Crippen molar-refractivity contribution < 1.29 is 9.53 Å². The highest BCUT2D eigenvalue weighted by molar-refractivity contribution is 5.89. The number of benzene rings is 1. The van der Waals surface area contributed by atoms with Crippen molar-refractivity contribution in [1.82, 2.24) is 5.32 Å². The fourth-order valence-corrected chi connectivity index (χ4v) is 2.93.